The number of carbonyl (C=O) groups is 1. The maximum Gasteiger partial charge on any atom is 0.234 e. The number of nitrogens with zero attached hydrogens (tertiary/aromatic N) is 2. The average molecular weight is 296 g/mol. The molecule has 0 spiro atoms. The van der Waals surface area contributed by atoms with Crippen LogP contribution in [0.25, 0.3) is 0 Å². The Kier molecular flexibility index (Phi) is 7.47. The minimum Gasteiger partial charge on any atom is -0.352 e. The van der Waals surface area contributed by atoms with Crippen LogP contribution in [0.5, 0.6) is 0 Å². The van der Waals surface area contributed by atoms with Crippen molar-refractivity contribution in [2.45, 2.75) is 45.1 Å². The molecule has 0 radical (unpaired) electrons. The van der Waals surface area contributed by atoms with Gasteiger partial charge in [-0.2, -0.15) is 0 Å². The molecule has 5 nitrogen and oxygen atoms in total. The first kappa shape index (κ1) is 16.7. The molecule has 2 rings (SSSR count). The third-order valence-electron chi connectivity index (χ3n) is 4.58. The van der Waals surface area contributed by atoms with Gasteiger partial charge in [-0.1, -0.05) is 13.3 Å². The van der Waals surface area contributed by atoms with E-state index in [1.807, 2.05) is 0 Å². The van der Waals surface area contributed by atoms with Crippen LogP contribution in [-0.4, -0.2) is 74.1 Å². The molecule has 2 N–H and O–H groups in total. The van der Waals surface area contributed by atoms with Crippen LogP contribution in [0.4, 0.5) is 0 Å². The van der Waals surface area contributed by atoms with Crippen molar-refractivity contribution in [3.8, 4) is 0 Å². The van der Waals surface area contributed by atoms with Gasteiger partial charge in [0.25, 0.3) is 0 Å². The number of hydrogen-bond acceptors (Lipinski definition) is 4. The van der Waals surface area contributed by atoms with E-state index in [1.54, 1.807) is 0 Å². The Morgan fingerprint density at radius 2 is 1.95 bits per heavy atom. The zero-order valence-corrected chi connectivity index (χ0v) is 13.6. The molecule has 0 aromatic rings. The van der Waals surface area contributed by atoms with E-state index < -0.39 is 0 Å². The lowest BCUT2D eigenvalue weighted by Crippen LogP contribution is -2.48. The van der Waals surface area contributed by atoms with Crippen LogP contribution in [0.15, 0.2) is 0 Å². The van der Waals surface area contributed by atoms with Crippen molar-refractivity contribution < 1.29 is 4.79 Å². The van der Waals surface area contributed by atoms with Gasteiger partial charge in [0.15, 0.2) is 0 Å². The van der Waals surface area contributed by atoms with Gasteiger partial charge >= 0.3 is 0 Å². The molecule has 2 aliphatic heterocycles. The lowest BCUT2D eigenvalue weighted by Gasteiger charge is -2.32. The standard InChI is InChI=1S/C16H32N4O/c1-2-3-9-19-11-5-15(6-12-19)18-16(21)14-20-10-4-7-17-8-13-20/h15,17H,2-14H2,1H3,(H,18,21). The largest absolute Gasteiger partial charge is 0.352 e. The number of likely N-dealkylation sites (tertiary alicyclic amines) is 1. The Balaban J connectivity index is 1.62. The van der Waals surface area contributed by atoms with Gasteiger partial charge < -0.3 is 15.5 Å². The molecule has 0 unspecified atom stereocenters. The van der Waals surface area contributed by atoms with Crippen molar-refractivity contribution >= 4 is 5.91 Å². The minimum absolute atomic E-state index is 0.212. The fraction of sp³-hybridized carbons (Fsp3) is 0.938. The Labute approximate surface area is 129 Å². The minimum atomic E-state index is 0.212. The van der Waals surface area contributed by atoms with Crippen molar-refractivity contribution in [1.29, 1.82) is 0 Å². The average Bonchev–Trinajstić information content (AvgIpc) is 2.75. The van der Waals surface area contributed by atoms with E-state index in [9.17, 15) is 4.79 Å². The van der Waals surface area contributed by atoms with Crippen LogP contribution in [0.3, 0.4) is 0 Å². The van der Waals surface area contributed by atoms with E-state index in [2.05, 4.69) is 27.4 Å². The molecule has 0 saturated carbocycles. The van der Waals surface area contributed by atoms with E-state index in [1.165, 1.54) is 19.4 Å². The molecule has 1 amide bonds. The Hall–Kier alpha value is -0.650. The number of rotatable bonds is 6. The first-order valence-corrected chi connectivity index (χ1v) is 8.72. The number of nitrogens with one attached hydrogen (secondary N) is 2. The SMILES string of the molecule is CCCCN1CCC(NC(=O)CN2CCCNCC2)CC1. The van der Waals surface area contributed by atoms with Crippen molar-refractivity contribution in [1.82, 2.24) is 20.4 Å². The predicted molar refractivity (Wildman–Crippen MR) is 86.4 cm³/mol. The van der Waals surface area contributed by atoms with Crippen LogP contribution < -0.4 is 10.6 Å². The van der Waals surface area contributed by atoms with Gasteiger partial charge in [0.05, 0.1) is 6.54 Å². The lowest BCUT2D eigenvalue weighted by atomic mass is 10.0. The molecular formula is C16H32N4O. The molecule has 2 heterocycles. The highest BCUT2D eigenvalue weighted by molar-refractivity contribution is 5.78. The van der Waals surface area contributed by atoms with E-state index >= 15 is 0 Å². The van der Waals surface area contributed by atoms with Crippen LogP contribution in [0.1, 0.15) is 39.0 Å². The normalized spacial score (nSPS) is 22.9. The third-order valence-corrected chi connectivity index (χ3v) is 4.58. The highest BCUT2D eigenvalue weighted by Crippen LogP contribution is 2.11. The second-order valence-corrected chi connectivity index (χ2v) is 6.42. The topological polar surface area (TPSA) is 47.6 Å². The van der Waals surface area contributed by atoms with Gasteiger partial charge in [-0.15, -0.1) is 0 Å². The van der Waals surface area contributed by atoms with Gasteiger partial charge in [0, 0.05) is 32.2 Å². The number of amides is 1. The molecule has 0 aromatic heterocycles. The second-order valence-electron chi connectivity index (χ2n) is 6.42. The van der Waals surface area contributed by atoms with Crippen molar-refractivity contribution in [3.05, 3.63) is 0 Å². The molecule has 5 heteroatoms. The van der Waals surface area contributed by atoms with Crippen LogP contribution in [0.2, 0.25) is 0 Å². The highest BCUT2D eigenvalue weighted by atomic mass is 16.2. The van der Waals surface area contributed by atoms with Crippen LogP contribution in [0, 0.1) is 0 Å². The summed E-state index contributed by atoms with van der Waals surface area (Å²) in [4.78, 5) is 17.0. The maximum absolute atomic E-state index is 12.2. The molecule has 0 bridgehead atoms. The monoisotopic (exact) mass is 296 g/mol. The molecule has 21 heavy (non-hydrogen) atoms. The number of carbonyl (C=O) groups excluding carboxylic acids is 1. The summed E-state index contributed by atoms with van der Waals surface area (Å²) in [5.41, 5.74) is 0. The lowest BCUT2D eigenvalue weighted by molar-refractivity contribution is -0.123. The zero-order chi connectivity index (χ0) is 14.9. The summed E-state index contributed by atoms with van der Waals surface area (Å²) in [6.07, 6.45) is 5.92. The summed E-state index contributed by atoms with van der Waals surface area (Å²) >= 11 is 0. The summed E-state index contributed by atoms with van der Waals surface area (Å²) in [6, 6.07) is 0.389. The third kappa shape index (κ3) is 6.32. The molecule has 0 atom stereocenters. The predicted octanol–water partition coefficient (Wildman–Crippen LogP) is 0.662. The summed E-state index contributed by atoms with van der Waals surface area (Å²) in [6.45, 7) is 10.4. The fourth-order valence-electron chi connectivity index (χ4n) is 3.22. The van der Waals surface area contributed by atoms with E-state index in [0.29, 0.717) is 12.6 Å². The smallest absolute Gasteiger partial charge is 0.234 e. The first-order valence-electron chi connectivity index (χ1n) is 8.72. The van der Waals surface area contributed by atoms with Gasteiger partial charge in [0.2, 0.25) is 5.91 Å². The van der Waals surface area contributed by atoms with Crippen LogP contribution in [-0.2, 0) is 4.79 Å². The summed E-state index contributed by atoms with van der Waals surface area (Å²) in [5, 5.41) is 6.61. The molecule has 0 aromatic carbocycles. The maximum atomic E-state index is 12.2. The molecule has 2 aliphatic rings. The van der Waals surface area contributed by atoms with Gasteiger partial charge in [-0.3, -0.25) is 9.69 Å². The Bertz CT molecular complexity index is 295. The molecular weight excluding hydrogens is 264 g/mol. The fourth-order valence-corrected chi connectivity index (χ4v) is 3.22. The van der Waals surface area contributed by atoms with Crippen LogP contribution >= 0.6 is 0 Å². The first-order chi connectivity index (χ1) is 10.3. The molecule has 2 fully saturated rings. The Morgan fingerprint density at radius 1 is 1.14 bits per heavy atom. The van der Waals surface area contributed by atoms with Gasteiger partial charge in [-0.25, -0.2) is 0 Å². The summed E-state index contributed by atoms with van der Waals surface area (Å²) < 4.78 is 0. The second kappa shape index (κ2) is 9.38. The van der Waals surface area contributed by atoms with E-state index in [4.69, 9.17) is 0 Å². The van der Waals surface area contributed by atoms with Gasteiger partial charge in [-0.05, 0) is 45.3 Å². The van der Waals surface area contributed by atoms with E-state index in [0.717, 1.165) is 58.5 Å². The van der Waals surface area contributed by atoms with Crippen molar-refractivity contribution in [2.75, 3.05) is 52.4 Å². The number of unbranched alkanes of at least 4 members (excludes halogenated alkanes) is 1. The number of hydrogen-bond donors (Lipinski definition) is 2. The number of piperidine rings is 1. The quantitative estimate of drug-likeness (QED) is 0.756. The molecule has 122 valence electrons. The molecule has 0 aliphatic carbocycles. The Morgan fingerprint density at radius 3 is 2.71 bits per heavy atom. The summed E-state index contributed by atoms with van der Waals surface area (Å²) in [7, 11) is 0. The molecule has 2 saturated heterocycles. The van der Waals surface area contributed by atoms with Crippen molar-refractivity contribution in [2.24, 2.45) is 0 Å². The van der Waals surface area contributed by atoms with Gasteiger partial charge in [0.1, 0.15) is 0 Å². The van der Waals surface area contributed by atoms with E-state index in [-0.39, 0.29) is 5.91 Å². The summed E-state index contributed by atoms with van der Waals surface area (Å²) in [5.74, 6) is 0.212. The highest BCUT2D eigenvalue weighted by Gasteiger charge is 2.21. The zero-order valence-electron chi connectivity index (χ0n) is 13.6. The van der Waals surface area contributed by atoms with Crippen molar-refractivity contribution in [3.63, 3.8) is 0 Å².